The predicted octanol–water partition coefficient (Wildman–Crippen LogP) is 3.56. The van der Waals surface area contributed by atoms with E-state index in [1.165, 1.54) is 11.6 Å². The first-order chi connectivity index (χ1) is 10.6. The molecule has 0 aliphatic rings. The van der Waals surface area contributed by atoms with Gasteiger partial charge in [0.1, 0.15) is 0 Å². The number of nitrogens with zero attached hydrogens (tertiary/aromatic N) is 1. The van der Waals surface area contributed by atoms with Gasteiger partial charge in [0.05, 0.1) is 0 Å². The van der Waals surface area contributed by atoms with E-state index < -0.39 is 5.97 Å². The Labute approximate surface area is 128 Å². The van der Waals surface area contributed by atoms with Crippen molar-refractivity contribution in [2.75, 3.05) is 0 Å². The number of carbonyl (C=O) groups is 1. The number of H-pyrrole nitrogens is 1. The van der Waals surface area contributed by atoms with Crippen LogP contribution in [-0.2, 0) is 11.2 Å². The highest BCUT2D eigenvalue weighted by Crippen LogP contribution is 2.28. The molecule has 2 aromatic heterocycles. The molecule has 3 aromatic rings. The van der Waals surface area contributed by atoms with Crippen molar-refractivity contribution in [3.05, 3.63) is 71.2 Å². The maximum absolute atomic E-state index is 10.8. The van der Waals surface area contributed by atoms with E-state index in [1.807, 2.05) is 43.5 Å². The van der Waals surface area contributed by atoms with Gasteiger partial charge >= 0.3 is 5.97 Å². The van der Waals surface area contributed by atoms with Gasteiger partial charge in [0.15, 0.2) is 0 Å². The van der Waals surface area contributed by atoms with Crippen molar-refractivity contribution < 1.29 is 9.90 Å². The minimum Gasteiger partial charge on any atom is -0.478 e. The zero-order chi connectivity index (χ0) is 15.5. The number of hydrogen-bond donors (Lipinski definition) is 2. The van der Waals surface area contributed by atoms with Crippen LogP contribution in [-0.4, -0.2) is 21.0 Å². The maximum atomic E-state index is 10.8. The summed E-state index contributed by atoms with van der Waals surface area (Å²) < 4.78 is 0. The molecule has 0 radical (unpaired) electrons. The van der Waals surface area contributed by atoms with E-state index in [9.17, 15) is 4.79 Å². The first-order valence-corrected chi connectivity index (χ1v) is 7.05. The lowest BCUT2D eigenvalue weighted by molar-refractivity contribution is -0.131. The minimum atomic E-state index is -0.946. The molecule has 2 N–H and O–H groups in total. The lowest BCUT2D eigenvalue weighted by Crippen LogP contribution is -1.92. The minimum absolute atomic E-state index is 0.762. The van der Waals surface area contributed by atoms with Gasteiger partial charge in [0.2, 0.25) is 0 Å². The fraction of sp³-hybridized carbons (Fsp3) is 0.111. The largest absolute Gasteiger partial charge is 0.478 e. The highest BCUT2D eigenvalue weighted by Gasteiger charge is 2.12. The second-order valence-electron chi connectivity index (χ2n) is 5.21. The number of aryl methyl sites for hydroxylation is 1. The molecule has 0 saturated carbocycles. The maximum Gasteiger partial charge on any atom is 0.328 e. The van der Waals surface area contributed by atoms with Crippen LogP contribution in [0.2, 0.25) is 0 Å². The number of rotatable bonds is 4. The molecule has 3 rings (SSSR count). The van der Waals surface area contributed by atoms with E-state index in [2.05, 4.69) is 9.97 Å². The molecule has 0 saturated heterocycles. The average Bonchev–Trinajstić information content (AvgIpc) is 2.83. The van der Waals surface area contributed by atoms with Crippen molar-refractivity contribution in [3.63, 3.8) is 0 Å². The molecule has 22 heavy (non-hydrogen) atoms. The van der Waals surface area contributed by atoms with E-state index in [4.69, 9.17) is 5.11 Å². The first kappa shape index (κ1) is 14.1. The Morgan fingerprint density at radius 1 is 1.32 bits per heavy atom. The number of pyridine rings is 1. The van der Waals surface area contributed by atoms with E-state index in [0.29, 0.717) is 0 Å². The molecule has 2 heterocycles. The molecule has 4 heteroatoms. The van der Waals surface area contributed by atoms with Gasteiger partial charge in [-0.3, -0.25) is 4.98 Å². The Morgan fingerprint density at radius 3 is 2.91 bits per heavy atom. The zero-order valence-electron chi connectivity index (χ0n) is 12.2. The predicted molar refractivity (Wildman–Crippen MR) is 86.7 cm³/mol. The van der Waals surface area contributed by atoms with Crippen molar-refractivity contribution in [3.8, 4) is 0 Å². The normalized spacial score (nSPS) is 11.3. The van der Waals surface area contributed by atoms with Crippen LogP contribution >= 0.6 is 0 Å². The smallest absolute Gasteiger partial charge is 0.328 e. The summed E-state index contributed by atoms with van der Waals surface area (Å²) in [6, 6.07) is 9.83. The first-order valence-electron chi connectivity index (χ1n) is 7.05. The van der Waals surface area contributed by atoms with Crippen molar-refractivity contribution in [2.45, 2.75) is 13.3 Å². The molecule has 0 atom stereocenters. The fourth-order valence-corrected chi connectivity index (χ4v) is 2.70. The number of hydrogen-bond acceptors (Lipinski definition) is 2. The van der Waals surface area contributed by atoms with Crippen LogP contribution < -0.4 is 0 Å². The molecule has 1 aromatic carbocycles. The highest BCUT2D eigenvalue weighted by molar-refractivity contribution is 5.95. The number of aromatic nitrogens is 2. The molecule has 110 valence electrons. The Bertz CT molecular complexity index is 848. The van der Waals surface area contributed by atoms with E-state index in [0.717, 1.165) is 34.1 Å². The van der Waals surface area contributed by atoms with Gasteiger partial charge in [-0.25, -0.2) is 4.79 Å². The van der Waals surface area contributed by atoms with Crippen molar-refractivity contribution in [2.24, 2.45) is 0 Å². The molecular formula is C18H16N2O2. The number of nitrogens with one attached hydrogen (secondary N) is 1. The summed E-state index contributed by atoms with van der Waals surface area (Å²) in [5.41, 5.74) is 5.32. The van der Waals surface area contributed by atoms with Gasteiger partial charge in [-0.2, -0.15) is 0 Å². The van der Waals surface area contributed by atoms with E-state index in [1.54, 1.807) is 12.3 Å². The lowest BCUT2D eigenvalue weighted by atomic mass is 9.99. The quantitative estimate of drug-likeness (QED) is 0.723. The summed E-state index contributed by atoms with van der Waals surface area (Å²) in [4.78, 5) is 18.3. The molecule has 0 amide bonds. The number of aliphatic carboxylic acids is 1. The standard InChI is InChI=1S/C18H16N2O2/c1-12-15(10-13-4-3-9-19-11-13)18-14(7-8-17(21)22)5-2-6-16(18)20-12/h2-9,11,20H,10H2,1H3,(H,21,22). The molecule has 4 nitrogen and oxygen atoms in total. The third kappa shape index (κ3) is 2.76. The number of carboxylic acid groups (broad SMARTS) is 1. The summed E-state index contributed by atoms with van der Waals surface area (Å²) in [5, 5.41) is 9.92. The van der Waals surface area contributed by atoms with Crippen LogP contribution in [0.5, 0.6) is 0 Å². The molecule has 0 aliphatic heterocycles. The van der Waals surface area contributed by atoms with Crippen molar-refractivity contribution >= 4 is 22.9 Å². The third-order valence-electron chi connectivity index (χ3n) is 3.68. The van der Waals surface area contributed by atoms with Crippen LogP contribution in [0.25, 0.3) is 17.0 Å². The number of fused-ring (bicyclic) bond motifs is 1. The number of carboxylic acids is 1. The lowest BCUT2D eigenvalue weighted by Gasteiger charge is -2.04. The Hall–Kier alpha value is -2.88. The molecule has 0 bridgehead atoms. The van der Waals surface area contributed by atoms with Gasteiger partial charge in [-0.05, 0) is 41.8 Å². The molecular weight excluding hydrogens is 276 g/mol. The average molecular weight is 292 g/mol. The van der Waals surface area contributed by atoms with Crippen LogP contribution in [0.3, 0.4) is 0 Å². The molecule has 0 fully saturated rings. The number of aromatic amines is 1. The summed E-state index contributed by atoms with van der Waals surface area (Å²) in [5.74, 6) is -0.946. The summed E-state index contributed by atoms with van der Waals surface area (Å²) in [6.07, 6.45) is 7.19. The third-order valence-corrected chi connectivity index (χ3v) is 3.68. The van der Waals surface area contributed by atoms with Crippen molar-refractivity contribution in [1.29, 1.82) is 0 Å². The van der Waals surface area contributed by atoms with Crippen LogP contribution in [0.1, 0.15) is 22.4 Å². The highest BCUT2D eigenvalue weighted by atomic mass is 16.4. The Kier molecular flexibility index (Phi) is 3.74. The van der Waals surface area contributed by atoms with E-state index >= 15 is 0 Å². The number of benzene rings is 1. The van der Waals surface area contributed by atoms with Crippen LogP contribution in [0.15, 0.2) is 48.8 Å². The Morgan fingerprint density at radius 2 is 2.18 bits per heavy atom. The van der Waals surface area contributed by atoms with Gasteiger partial charge in [0.25, 0.3) is 0 Å². The van der Waals surface area contributed by atoms with Gasteiger partial charge in [-0.15, -0.1) is 0 Å². The monoisotopic (exact) mass is 292 g/mol. The second kappa shape index (κ2) is 5.85. The van der Waals surface area contributed by atoms with E-state index in [-0.39, 0.29) is 0 Å². The zero-order valence-corrected chi connectivity index (χ0v) is 12.2. The Balaban J connectivity index is 2.12. The summed E-state index contributed by atoms with van der Waals surface area (Å²) in [6.45, 7) is 2.04. The second-order valence-corrected chi connectivity index (χ2v) is 5.21. The molecule has 0 spiro atoms. The van der Waals surface area contributed by atoms with Crippen LogP contribution in [0, 0.1) is 6.92 Å². The van der Waals surface area contributed by atoms with Gasteiger partial charge < -0.3 is 10.1 Å². The topological polar surface area (TPSA) is 66.0 Å². The SMILES string of the molecule is Cc1[nH]c2cccc(C=CC(=O)O)c2c1Cc1cccnc1. The fourth-order valence-electron chi connectivity index (χ4n) is 2.70. The van der Waals surface area contributed by atoms with Crippen LogP contribution in [0.4, 0.5) is 0 Å². The van der Waals surface area contributed by atoms with Gasteiger partial charge in [0, 0.05) is 41.5 Å². The summed E-state index contributed by atoms with van der Waals surface area (Å²) >= 11 is 0. The molecule has 0 unspecified atom stereocenters. The van der Waals surface area contributed by atoms with Gasteiger partial charge in [-0.1, -0.05) is 18.2 Å². The van der Waals surface area contributed by atoms with Crippen molar-refractivity contribution in [1.82, 2.24) is 9.97 Å². The summed E-state index contributed by atoms with van der Waals surface area (Å²) in [7, 11) is 0. The molecule has 0 aliphatic carbocycles.